The van der Waals surface area contributed by atoms with Gasteiger partial charge in [0.15, 0.2) is 0 Å². The van der Waals surface area contributed by atoms with Crippen LogP contribution in [0.5, 0.6) is 0 Å². The van der Waals surface area contributed by atoms with Gasteiger partial charge in [0, 0.05) is 5.69 Å². The molecule has 0 saturated heterocycles. The SMILES string of the molecule is CCc1ccc(NC(=O)[C@H](CC)N(c2cc(C)ccc2C)S(C)(=O)=O)cc1. The number of hydrogen-bond acceptors (Lipinski definition) is 3. The van der Waals surface area contributed by atoms with Crippen LogP contribution in [0.4, 0.5) is 11.4 Å². The molecule has 0 aromatic heterocycles. The third-order valence-electron chi connectivity index (χ3n) is 4.56. The molecule has 0 heterocycles. The third kappa shape index (κ3) is 5.10. The topological polar surface area (TPSA) is 66.5 Å². The minimum Gasteiger partial charge on any atom is -0.324 e. The predicted octanol–water partition coefficient (Wildman–Crippen LogP) is 4.05. The Morgan fingerprint density at radius 3 is 2.22 bits per heavy atom. The molecule has 146 valence electrons. The molecule has 1 N–H and O–H groups in total. The van der Waals surface area contributed by atoms with Crippen molar-refractivity contribution >= 4 is 27.3 Å². The fourth-order valence-electron chi connectivity index (χ4n) is 3.04. The Labute approximate surface area is 162 Å². The Bertz CT molecular complexity index is 906. The number of amides is 1. The van der Waals surface area contributed by atoms with Crippen LogP contribution in [0.3, 0.4) is 0 Å². The second kappa shape index (κ2) is 8.57. The summed E-state index contributed by atoms with van der Waals surface area (Å²) in [7, 11) is -3.64. The molecule has 0 radical (unpaired) electrons. The van der Waals surface area contributed by atoms with E-state index >= 15 is 0 Å². The lowest BCUT2D eigenvalue weighted by Crippen LogP contribution is -2.47. The fraction of sp³-hybridized carbons (Fsp3) is 0.381. The second-order valence-electron chi connectivity index (χ2n) is 6.81. The quantitative estimate of drug-likeness (QED) is 0.778. The molecule has 6 heteroatoms. The molecule has 0 saturated carbocycles. The van der Waals surface area contributed by atoms with Crippen LogP contribution >= 0.6 is 0 Å². The van der Waals surface area contributed by atoms with Crippen LogP contribution in [-0.2, 0) is 21.2 Å². The summed E-state index contributed by atoms with van der Waals surface area (Å²) in [6.45, 7) is 7.63. The van der Waals surface area contributed by atoms with Gasteiger partial charge in [-0.15, -0.1) is 0 Å². The summed E-state index contributed by atoms with van der Waals surface area (Å²) in [6, 6.07) is 12.4. The average molecular weight is 389 g/mol. The van der Waals surface area contributed by atoms with Crippen LogP contribution in [0, 0.1) is 13.8 Å². The van der Waals surface area contributed by atoms with Crippen LogP contribution in [-0.4, -0.2) is 26.6 Å². The molecular formula is C21H28N2O3S. The minimum atomic E-state index is -3.64. The Hall–Kier alpha value is -2.34. The van der Waals surface area contributed by atoms with Crippen LogP contribution < -0.4 is 9.62 Å². The van der Waals surface area contributed by atoms with Gasteiger partial charge >= 0.3 is 0 Å². The van der Waals surface area contributed by atoms with Crippen molar-refractivity contribution in [2.45, 2.75) is 46.6 Å². The number of nitrogens with zero attached hydrogens (tertiary/aromatic N) is 1. The van der Waals surface area contributed by atoms with Crippen molar-refractivity contribution in [2.75, 3.05) is 15.9 Å². The van der Waals surface area contributed by atoms with Crippen LogP contribution in [0.1, 0.15) is 37.0 Å². The van der Waals surface area contributed by atoms with Crippen molar-refractivity contribution in [3.63, 3.8) is 0 Å². The number of aryl methyl sites for hydroxylation is 3. The zero-order valence-electron chi connectivity index (χ0n) is 16.6. The van der Waals surface area contributed by atoms with E-state index in [1.165, 1.54) is 9.87 Å². The molecule has 0 fully saturated rings. The number of carbonyl (C=O) groups excluding carboxylic acids is 1. The van der Waals surface area contributed by atoms with Crippen molar-refractivity contribution < 1.29 is 13.2 Å². The molecular weight excluding hydrogens is 360 g/mol. The monoisotopic (exact) mass is 388 g/mol. The van der Waals surface area contributed by atoms with Crippen LogP contribution in [0.15, 0.2) is 42.5 Å². The van der Waals surface area contributed by atoms with Gasteiger partial charge < -0.3 is 5.32 Å². The van der Waals surface area contributed by atoms with Gasteiger partial charge in [0.05, 0.1) is 11.9 Å². The molecule has 1 amide bonds. The Morgan fingerprint density at radius 1 is 1.07 bits per heavy atom. The number of hydrogen-bond donors (Lipinski definition) is 1. The van der Waals surface area contributed by atoms with E-state index in [2.05, 4.69) is 12.2 Å². The summed E-state index contributed by atoms with van der Waals surface area (Å²) < 4.78 is 26.4. The molecule has 0 unspecified atom stereocenters. The van der Waals surface area contributed by atoms with Crippen molar-refractivity contribution in [1.82, 2.24) is 0 Å². The van der Waals surface area contributed by atoms with E-state index in [9.17, 15) is 13.2 Å². The molecule has 2 rings (SSSR count). The van der Waals surface area contributed by atoms with Gasteiger partial charge in [-0.25, -0.2) is 8.42 Å². The maximum absolute atomic E-state index is 12.9. The highest BCUT2D eigenvalue weighted by Crippen LogP contribution is 2.28. The van der Waals surface area contributed by atoms with E-state index < -0.39 is 16.1 Å². The number of rotatable bonds is 7. The molecule has 0 aliphatic heterocycles. The molecule has 2 aromatic rings. The minimum absolute atomic E-state index is 0.340. The van der Waals surface area contributed by atoms with E-state index in [0.717, 1.165) is 23.8 Å². The van der Waals surface area contributed by atoms with Crippen molar-refractivity contribution in [3.8, 4) is 0 Å². The van der Waals surface area contributed by atoms with Gasteiger partial charge in [-0.1, -0.05) is 38.1 Å². The normalized spacial score (nSPS) is 12.5. The number of nitrogens with one attached hydrogen (secondary N) is 1. The summed E-state index contributed by atoms with van der Waals surface area (Å²) in [4.78, 5) is 12.9. The summed E-state index contributed by atoms with van der Waals surface area (Å²) >= 11 is 0. The summed E-state index contributed by atoms with van der Waals surface area (Å²) in [5, 5.41) is 2.86. The maximum Gasteiger partial charge on any atom is 0.248 e. The lowest BCUT2D eigenvalue weighted by molar-refractivity contribution is -0.117. The van der Waals surface area contributed by atoms with Crippen LogP contribution in [0.2, 0.25) is 0 Å². The Balaban J connectivity index is 2.39. The van der Waals surface area contributed by atoms with E-state index in [0.29, 0.717) is 17.8 Å². The average Bonchev–Trinajstić information content (AvgIpc) is 2.61. The second-order valence-corrected chi connectivity index (χ2v) is 8.67. The van der Waals surface area contributed by atoms with Crippen molar-refractivity contribution in [2.24, 2.45) is 0 Å². The molecule has 0 bridgehead atoms. The largest absolute Gasteiger partial charge is 0.324 e. The summed E-state index contributed by atoms with van der Waals surface area (Å²) in [5.41, 5.74) is 4.12. The van der Waals surface area contributed by atoms with Crippen molar-refractivity contribution in [1.29, 1.82) is 0 Å². The number of sulfonamides is 1. The number of anilines is 2. The predicted molar refractivity (Wildman–Crippen MR) is 112 cm³/mol. The zero-order valence-corrected chi connectivity index (χ0v) is 17.4. The molecule has 2 aromatic carbocycles. The maximum atomic E-state index is 12.9. The van der Waals surface area contributed by atoms with E-state index in [1.54, 1.807) is 0 Å². The van der Waals surface area contributed by atoms with Gasteiger partial charge in [-0.05, 0) is 61.6 Å². The number of carbonyl (C=O) groups is 1. The molecule has 1 atom stereocenters. The third-order valence-corrected chi connectivity index (χ3v) is 5.73. The number of benzene rings is 2. The van der Waals surface area contributed by atoms with Gasteiger partial charge in [0.1, 0.15) is 6.04 Å². The lowest BCUT2D eigenvalue weighted by Gasteiger charge is -2.31. The first-order chi connectivity index (χ1) is 12.7. The summed E-state index contributed by atoms with van der Waals surface area (Å²) in [5.74, 6) is -0.340. The molecule has 5 nitrogen and oxygen atoms in total. The highest BCUT2D eigenvalue weighted by Gasteiger charge is 2.32. The van der Waals surface area contributed by atoms with Gasteiger partial charge in [-0.2, -0.15) is 0 Å². The van der Waals surface area contributed by atoms with E-state index in [4.69, 9.17) is 0 Å². The van der Waals surface area contributed by atoms with Gasteiger partial charge in [0.2, 0.25) is 15.9 Å². The lowest BCUT2D eigenvalue weighted by atomic mass is 10.1. The molecule has 27 heavy (non-hydrogen) atoms. The first kappa shape index (κ1) is 21.0. The van der Waals surface area contributed by atoms with Crippen LogP contribution in [0.25, 0.3) is 0 Å². The first-order valence-corrected chi connectivity index (χ1v) is 11.0. The Morgan fingerprint density at radius 2 is 1.70 bits per heavy atom. The van der Waals surface area contributed by atoms with Gasteiger partial charge in [0.25, 0.3) is 0 Å². The molecule has 0 spiro atoms. The van der Waals surface area contributed by atoms with Gasteiger partial charge in [-0.3, -0.25) is 9.10 Å². The Kier molecular flexibility index (Phi) is 6.65. The fourth-order valence-corrected chi connectivity index (χ4v) is 4.30. The molecule has 0 aliphatic carbocycles. The van der Waals surface area contributed by atoms with E-state index in [-0.39, 0.29) is 5.91 Å². The smallest absolute Gasteiger partial charge is 0.248 e. The molecule has 0 aliphatic rings. The highest BCUT2D eigenvalue weighted by atomic mass is 32.2. The van der Waals surface area contributed by atoms with E-state index in [1.807, 2.05) is 63.2 Å². The summed E-state index contributed by atoms with van der Waals surface area (Å²) in [6.07, 6.45) is 2.42. The van der Waals surface area contributed by atoms with Crippen molar-refractivity contribution in [3.05, 3.63) is 59.2 Å². The standard InChI is InChI=1S/C21H28N2O3S/c1-6-17-10-12-18(13-11-17)22-21(24)19(7-2)23(27(5,25)26)20-14-15(3)8-9-16(20)4/h8-14,19H,6-7H2,1-5H3,(H,22,24)/t19-/m0/s1. The zero-order chi connectivity index (χ0) is 20.2. The highest BCUT2D eigenvalue weighted by molar-refractivity contribution is 7.92. The first-order valence-electron chi connectivity index (χ1n) is 9.13.